The first-order valence-corrected chi connectivity index (χ1v) is 10.5. The average Bonchev–Trinajstić information content (AvgIpc) is 3.17. The Balaban J connectivity index is 1.89. The number of hydrogen-bond donors (Lipinski definition) is 0. The summed E-state index contributed by atoms with van der Waals surface area (Å²) < 4.78 is 2.15. The van der Waals surface area contributed by atoms with Crippen LogP contribution < -0.4 is 0 Å². The molecule has 1 atom stereocenters. The standard InChI is InChI=1S/C25H29N3O3/c1-18(2)20(4)27(25(29)22-10-6-11-23(15-22)28(30)31)17-24-12-7-13-26(24)16-21-9-5-8-19(3)14-21/h5-15,18,20H,16-17H2,1-4H3. The summed E-state index contributed by atoms with van der Waals surface area (Å²) in [4.78, 5) is 25.9. The topological polar surface area (TPSA) is 68.4 Å². The van der Waals surface area contributed by atoms with Crippen molar-refractivity contribution in [2.75, 3.05) is 0 Å². The number of amides is 1. The van der Waals surface area contributed by atoms with Gasteiger partial charge in [-0.25, -0.2) is 0 Å². The Kier molecular flexibility index (Phi) is 6.90. The van der Waals surface area contributed by atoms with Crippen LogP contribution in [-0.2, 0) is 13.1 Å². The average molecular weight is 420 g/mol. The molecule has 2 aromatic carbocycles. The van der Waals surface area contributed by atoms with Crippen LogP contribution in [0.25, 0.3) is 0 Å². The number of nitro groups is 1. The van der Waals surface area contributed by atoms with Crippen molar-refractivity contribution in [2.24, 2.45) is 5.92 Å². The molecule has 0 spiro atoms. The molecule has 1 unspecified atom stereocenters. The SMILES string of the molecule is Cc1cccc(Cn2cccc2CN(C(=O)c2cccc([N+](=O)[O-])c2)C(C)C(C)C)c1. The number of carbonyl (C=O) groups excluding carboxylic acids is 1. The Morgan fingerprint density at radius 3 is 2.48 bits per heavy atom. The van der Waals surface area contributed by atoms with Gasteiger partial charge in [-0.15, -0.1) is 0 Å². The minimum Gasteiger partial charge on any atom is -0.345 e. The maximum absolute atomic E-state index is 13.4. The van der Waals surface area contributed by atoms with E-state index in [2.05, 4.69) is 43.5 Å². The van der Waals surface area contributed by atoms with Gasteiger partial charge in [-0.3, -0.25) is 14.9 Å². The van der Waals surface area contributed by atoms with Gasteiger partial charge in [0.05, 0.1) is 11.5 Å². The van der Waals surface area contributed by atoms with E-state index in [4.69, 9.17) is 0 Å². The summed E-state index contributed by atoms with van der Waals surface area (Å²) in [6.07, 6.45) is 2.02. The minimum absolute atomic E-state index is 0.0333. The number of nitrogens with zero attached hydrogens (tertiary/aromatic N) is 3. The van der Waals surface area contributed by atoms with E-state index < -0.39 is 4.92 Å². The third kappa shape index (κ3) is 5.40. The largest absolute Gasteiger partial charge is 0.345 e. The molecular formula is C25H29N3O3. The monoisotopic (exact) mass is 419 g/mol. The van der Waals surface area contributed by atoms with E-state index in [1.165, 1.54) is 23.3 Å². The van der Waals surface area contributed by atoms with Crippen molar-refractivity contribution in [2.45, 2.75) is 46.8 Å². The van der Waals surface area contributed by atoms with E-state index in [-0.39, 0.29) is 23.6 Å². The van der Waals surface area contributed by atoms with E-state index in [0.717, 1.165) is 12.2 Å². The Bertz CT molecular complexity index is 1070. The third-order valence-electron chi connectivity index (χ3n) is 5.71. The van der Waals surface area contributed by atoms with E-state index in [1.807, 2.05) is 36.2 Å². The van der Waals surface area contributed by atoms with Crippen molar-refractivity contribution < 1.29 is 9.72 Å². The summed E-state index contributed by atoms with van der Waals surface area (Å²) in [7, 11) is 0. The smallest absolute Gasteiger partial charge is 0.270 e. The Labute approximate surface area is 183 Å². The summed E-state index contributed by atoms with van der Waals surface area (Å²) in [5, 5.41) is 11.2. The summed E-state index contributed by atoms with van der Waals surface area (Å²) in [6, 6.07) is 18.3. The van der Waals surface area contributed by atoms with Crippen LogP contribution in [0.3, 0.4) is 0 Å². The molecular weight excluding hydrogens is 390 g/mol. The van der Waals surface area contributed by atoms with Crippen molar-refractivity contribution in [3.63, 3.8) is 0 Å². The molecule has 3 rings (SSSR count). The number of aryl methyl sites for hydroxylation is 1. The van der Waals surface area contributed by atoms with Crippen LogP contribution in [-0.4, -0.2) is 26.3 Å². The van der Waals surface area contributed by atoms with Gasteiger partial charge in [0.25, 0.3) is 11.6 Å². The summed E-state index contributed by atoms with van der Waals surface area (Å²) in [5.74, 6) is 0.0380. The molecule has 0 aliphatic carbocycles. The van der Waals surface area contributed by atoms with E-state index in [9.17, 15) is 14.9 Å². The second-order valence-corrected chi connectivity index (χ2v) is 8.34. The Hall–Kier alpha value is -3.41. The van der Waals surface area contributed by atoms with Crippen LogP contribution in [0.5, 0.6) is 0 Å². The highest BCUT2D eigenvalue weighted by atomic mass is 16.6. The molecule has 0 N–H and O–H groups in total. The van der Waals surface area contributed by atoms with Crippen molar-refractivity contribution in [3.8, 4) is 0 Å². The number of rotatable bonds is 8. The maximum atomic E-state index is 13.4. The molecule has 1 aromatic heterocycles. The van der Waals surface area contributed by atoms with Gasteiger partial charge in [0.15, 0.2) is 0 Å². The molecule has 162 valence electrons. The van der Waals surface area contributed by atoms with E-state index in [0.29, 0.717) is 12.1 Å². The van der Waals surface area contributed by atoms with Crippen molar-refractivity contribution in [1.82, 2.24) is 9.47 Å². The van der Waals surface area contributed by atoms with Crippen molar-refractivity contribution in [1.29, 1.82) is 0 Å². The molecule has 3 aromatic rings. The van der Waals surface area contributed by atoms with E-state index >= 15 is 0 Å². The molecule has 31 heavy (non-hydrogen) atoms. The Morgan fingerprint density at radius 1 is 1.06 bits per heavy atom. The van der Waals surface area contributed by atoms with Crippen LogP contribution >= 0.6 is 0 Å². The fraction of sp³-hybridized carbons (Fsp3) is 0.320. The molecule has 0 saturated heterocycles. The summed E-state index contributed by atoms with van der Waals surface area (Å²) in [6.45, 7) is 9.39. The van der Waals surface area contributed by atoms with Crippen LogP contribution in [0, 0.1) is 23.0 Å². The molecule has 0 bridgehead atoms. The first-order valence-electron chi connectivity index (χ1n) is 10.5. The lowest BCUT2D eigenvalue weighted by molar-refractivity contribution is -0.384. The zero-order valence-electron chi connectivity index (χ0n) is 18.5. The second-order valence-electron chi connectivity index (χ2n) is 8.34. The molecule has 0 saturated carbocycles. The number of carbonyl (C=O) groups is 1. The number of hydrogen-bond acceptors (Lipinski definition) is 3. The first-order chi connectivity index (χ1) is 14.8. The normalized spacial score (nSPS) is 12.0. The van der Waals surface area contributed by atoms with Gasteiger partial charge >= 0.3 is 0 Å². The quantitative estimate of drug-likeness (QED) is 0.361. The van der Waals surface area contributed by atoms with Gasteiger partial charge in [-0.1, -0.05) is 49.7 Å². The molecule has 6 heteroatoms. The second kappa shape index (κ2) is 9.60. The molecule has 0 fully saturated rings. The molecule has 6 nitrogen and oxygen atoms in total. The highest BCUT2D eigenvalue weighted by Gasteiger charge is 2.26. The van der Waals surface area contributed by atoms with Crippen LogP contribution in [0.4, 0.5) is 5.69 Å². The predicted molar refractivity (Wildman–Crippen MR) is 122 cm³/mol. The zero-order chi connectivity index (χ0) is 22.5. The predicted octanol–water partition coefficient (Wildman–Crippen LogP) is 5.44. The Morgan fingerprint density at radius 2 is 1.81 bits per heavy atom. The van der Waals surface area contributed by atoms with Gasteiger partial charge in [0.1, 0.15) is 0 Å². The number of benzene rings is 2. The summed E-state index contributed by atoms with van der Waals surface area (Å²) >= 11 is 0. The van der Waals surface area contributed by atoms with Crippen molar-refractivity contribution >= 4 is 11.6 Å². The molecule has 1 heterocycles. The van der Waals surface area contributed by atoms with Crippen LogP contribution in [0.15, 0.2) is 66.9 Å². The highest BCUT2D eigenvalue weighted by molar-refractivity contribution is 5.95. The van der Waals surface area contributed by atoms with Gasteiger partial charge in [0, 0.05) is 42.2 Å². The van der Waals surface area contributed by atoms with Crippen LogP contribution in [0.2, 0.25) is 0 Å². The van der Waals surface area contributed by atoms with Gasteiger partial charge in [-0.2, -0.15) is 0 Å². The molecule has 1 amide bonds. The maximum Gasteiger partial charge on any atom is 0.270 e. The number of non-ortho nitro benzene ring substituents is 1. The van der Waals surface area contributed by atoms with Crippen LogP contribution in [0.1, 0.15) is 48.0 Å². The van der Waals surface area contributed by atoms with Crippen molar-refractivity contribution in [3.05, 3.63) is 99.4 Å². The third-order valence-corrected chi connectivity index (χ3v) is 5.71. The summed E-state index contributed by atoms with van der Waals surface area (Å²) in [5.41, 5.74) is 3.69. The zero-order valence-corrected chi connectivity index (χ0v) is 18.5. The highest BCUT2D eigenvalue weighted by Crippen LogP contribution is 2.21. The van der Waals surface area contributed by atoms with E-state index in [1.54, 1.807) is 12.1 Å². The number of nitro benzene ring substituents is 1. The lowest BCUT2D eigenvalue weighted by Crippen LogP contribution is -2.41. The molecule has 0 aliphatic heterocycles. The first kappa shape index (κ1) is 22.3. The lowest BCUT2D eigenvalue weighted by Gasteiger charge is -2.32. The van der Waals surface area contributed by atoms with Gasteiger partial charge in [-0.05, 0) is 43.5 Å². The lowest BCUT2D eigenvalue weighted by atomic mass is 10.0. The fourth-order valence-electron chi connectivity index (χ4n) is 3.61. The minimum atomic E-state index is -0.472. The molecule has 0 radical (unpaired) electrons. The molecule has 0 aliphatic rings. The van der Waals surface area contributed by atoms with Gasteiger partial charge in [0.2, 0.25) is 0 Å². The van der Waals surface area contributed by atoms with Gasteiger partial charge < -0.3 is 9.47 Å². The number of aromatic nitrogens is 1. The fourth-order valence-corrected chi connectivity index (χ4v) is 3.61.